The first kappa shape index (κ1) is 15.6. The number of fused-ring (bicyclic) bond motifs is 1. The second-order valence-electron chi connectivity index (χ2n) is 5.38. The number of carbonyl (C=O) groups is 1. The molecule has 0 fully saturated rings. The molecule has 0 aliphatic carbocycles. The number of carbonyl (C=O) groups excluding carboxylic acids is 1. The number of hydrogen-bond donors (Lipinski definition) is 1. The minimum Gasteiger partial charge on any atom is -0.490 e. The standard InChI is InChI=1S/C15H19NO4S/c1-9(2)20-13-7-5-6-12-14(13)11(8-16-12)15(17)10(3)21(4,18)19/h5-10,16H,1-4H3. The van der Waals surface area contributed by atoms with Gasteiger partial charge in [0.15, 0.2) is 15.6 Å². The van der Waals surface area contributed by atoms with Crippen molar-refractivity contribution >= 4 is 26.5 Å². The number of sulfone groups is 1. The summed E-state index contributed by atoms with van der Waals surface area (Å²) in [6, 6.07) is 5.42. The summed E-state index contributed by atoms with van der Waals surface area (Å²) in [6.45, 7) is 5.20. The van der Waals surface area contributed by atoms with Crippen LogP contribution in [0.15, 0.2) is 24.4 Å². The molecule has 1 aromatic carbocycles. The van der Waals surface area contributed by atoms with Gasteiger partial charge in [0.25, 0.3) is 0 Å². The molecular formula is C15H19NO4S. The van der Waals surface area contributed by atoms with Gasteiger partial charge in [-0.2, -0.15) is 0 Å². The first-order chi connectivity index (χ1) is 9.71. The minimum atomic E-state index is -3.44. The van der Waals surface area contributed by atoms with Crippen LogP contribution >= 0.6 is 0 Å². The second kappa shape index (κ2) is 5.52. The molecule has 0 saturated heterocycles. The molecule has 1 N–H and O–H groups in total. The molecule has 2 rings (SSSR count). The van der Waals surface area contributed by atoms with E-state index >= 15 is 0 Å². The topological polar surface area (TPSA) is 76.2 Å². The van der Waals surface area contributed by atoms with Crippen molar-refractivity contribution in [3.05, 3.63) is 30.0 Å². The van der Waals surface area contributed by atoms with Crippen LogP contribution in [0.5, 0.6) is 5.75 Å². The van der Waals surface area contributed by atoms with Gasteiger partial charge in [0.05, 0.1) is 11.5 Å². The fraction of sp³-hybridized carbons (Fsp3) is 0.400. The van der Waals surface area contributed by atoms with Gasteiger partial charge in [-0.05, 0) is 32.9 Å². The highest BCUT2D eigenvalue weighted by Gasteiger charge is 2.27. The summed E-state index contributed by atoms with van der Waals surface area (Å²) < 4.78 is 28.9. The molecule has 1 atom stereocenters. The molecule has 1 aromatic heterocycles. The molecule has 1 heterocycles. The van der Waals surface area contributed by atoms with E-state index in [1.807, 2.05) is 26.0 Å². The van der Waals surface area contributed by atoms with Crippen molar-refractivity contribution in [1.29, 1.82) is 0 Å². The van der Waals surface area contributed by atoms with E-state index in [9.17, 15) is 13.2 Å². The number of aromatic amines is 1. The van der Waals surface area contributed by atoms with Gasteiger partial charge in [0.2, 0.25) is 0 Å². The maximum atomic E-state index is 12.4. The van der Waals surface area contributed by atoms with E-state index in [2.05, 4.69) is 4.98 Å². The van der Waals surface area contributed by atoms with E-state index in [0.29, 0.717) is 16.7 Å². The number of H-pyrrole nitrogens is 1. The van der Waals surface area contributed by atoms with Crippen molar-refractivity contribution in [3.8, 4) is 5.75 Å². The molecular weight excluding hydrogens is 290 g/mol. The van der Waals surface area contributed by atoms with E-state index in [1.165, 1.54) is 6.92 Å². The Kier molecular flexibility index (Phi) is 4.09. The molecule has 0 aliphatic heterocycles. The SMILES string of the molecule is CC(C)Oc1cccc2[nH]cc(C(=O)C(C)S(C)(=O)=O)c12. The zero-order chi connectivity index (χ0) is 15.8. The predicted octanol–water partition coefficient (Wildman–Crippen LogP) is 2.57. The smallest absolute Gasteiger partial charge is 0.182 e. The van der Waals surface area contributed by atoms with E-state index < -0.39 is 20.9 Å². The lowest BCUT2D eigenvalue weighted by molar-refractivity contribution is 0.0993. The maximum absolute atomic E-state index is 12.4. The number of ketones is 1. The number of benzene rings is 1. The van der Waals surface area contributed by atoms with Crippen LogP contribution < -0.4 is 4.74 Å². The number of rotatable bonds is 5. The molecule has 0 aliphatic rings. The van der Waals surface area contributed by atoms with Crippen molar-refractivity contribution in [2.45, 2.75) is 32.1 Å². The largest absolute Gasteiger partial charge is 0.490 e. The van der Waals surface area contributed by atoms with Crippen LogP contribution in [0.2, 0.25) is 0 Å². The quantitative estimate of drug-likeness (QED) is 0.861. The summed E-state index contributed by atoms with van der Waals surface area (Å²) in [6.07, 6.45) is 2.57. The number of nitrogens with one attached hydrogen (secondary N) is 1. The molecule has 0 saturated carbocycles. The van der Waals surface area contributed by atoms with Crippen LogP contribution in [0.4, 0.5) is 0 Å². The highest BCUT2D eigenvalue weighted by atomic mass is 32.2. The Labute approximate surface area is 124 Å². The third-order valence-electron chi connectivity index (χ3n) is 3.31. The Morgan fingerprint density at radius 3 is 2.48 bits per heavy atom. The molecule has 21 heavy (non-hydrogen) atoms. The normalized spacial score (nSPS) is 13.6. The van der Waals surface area contributed by atoms with Gasteiger partial charge in [0.1, 0.15) is 11.0 Å². The third kappa shape index (κ3) is 3.10. The molecule has 2 aromatic rings. The second-order valence-corrected chi connectivity index (χ2v) is 7.75. The van der Waals surface area contributed by atoms with Crippen molar-refractivity contribution in [3.63, 3.8) is 0 Å². The predicted molar refractivity (Wildman–Crippen MR) is 82.7 cm³/mol. The zero-order valence-corrected chi connectivity index (χ0v) is 13.3. The fourth-order valence-corrected chi connectivity index (χ4v) is 2.63. The van der Waals surface area contributed by atoms with Gasteiger partial charge in [-0.3, -0.25) is 4.79 Å². The van der Waals surface area contributed by atoms with Gasteiger partial charge in [0, 0.05) is 23.5 Å². The highest BCUT2D eigenvalue weighted by Crippen LogP contribution is 2.30. The van der Waals surface area contributed by atoms with Crippen LogP contribution in [0, 0.1) is 0 Å². The van der Waals surface area contributed by atoms with Crippen molar-refractivity contribution in [1.82, 2.24) is 4.98 Å². The summed E-state index contributed by atoms with van der Waals surface area (Å²) >= 11 is 0. The van der Waals surface area contributed by atoms with Gasteiger partial charge in [-0.25, -0.2) is 8.42 Å². The molecule has 114 valence electrons. The first-order valence-corrected chi connectivity index (χ1v) is 8.67. The molecule has 0 amide bonds. The third-order valence-corrected chi connectivity index (χ3v) is 4.81. The van der Waals surface area contributed by atoms with Gasteiger partial charge >= 0.3 is 0 Å². The zero-order valence-electron chi connectivity index (χ0n) is 12.5. The van der Waals surface area contributed by atoms with E-state index in [-0.39, 0.29) is 6.10 Å². The Morgan fingerprint density at radius 2 is 1.90 bits per heavy atom. The molecule has 5 nitrogen and oxygen atoms in total. The Hall–Kier alpha value is -1.82. The average Bonchev–Trinajstić information content (AvgIpc) is 2.80. The molecule has 6 heteroatoms. The van der Waals surface area contributed by atoms with E-state index in [4.69, 9.17) is 4.74 Å². The summed E-state index contributed by atoms with van der Waals surface area (Å²) in [5, 5.41) is -0.449. The number of Topliss-reactive ketones (excluding diaryl/α,β-unsaturated/α-hetero) is 1. The Balaban J connectivity index is 2.57. The summed E-state index contributed by atoms with van der Waals surface area (Å²) in [5.74, 6) is 0.149. The molecule has 1 unspecified atom stereocenters. The lowest BCUT2D eigenvalue weighted by atomic mass is 10.1. The van der Waals surface area contributed by atoms with Crippen LogP contribution in [0.25, 0.3) is 10.9 Å². The van der Waals surface area contributed by atoms with Gasteiger partial charge in [-0.15, -0.1) is 0 Å². The van der Waals surface area contributed by atoms with E-state index in [1.54, 1.807) is 12.3 Å². The monoisotopic (exact) mass is 309 g/mol. The number of ether oxygens (including phenoxy) is 1. The van der Waals surface area contributed by atoms with Crippen LogP contribution in [-0.4, -0.2) is 36.8 Å². The first-order valence-electron chi connectivity index (χ1n) is 6.71. The van der Waals surface area contributed by atoms with Crippen molar-refractivity contribution in [2.24, 2.45) is 0 Å². The number of aromatic nitrogens is 1. The lowest BCUT2D eigenvalue weighted by Crippen LogP contribution is -2.26. The van der Waals surface area contributed by atoms with Crippen molar-refractivity contribution < 1.29 is 17.9 Å². The Morgan fingerprint density at radius 1 is 1.24 bits per heavy atom. The number of hydrogen-bond acceptors (Lipinski definition) is 4. The summed E-state index contributed by atoms with van der Waals surface area (Å²) in [4.78, 5) is 15.4. The molecule has 0 bridgehead atoms. The average molecular weight is 309 g/mol. The summed E-state index contributed by atoms with van der Waals surface area (Å²) in [7, 11) is -3.44. The Bertz CT molecular complexity index is 774. The lowest BCUT2D eigenvalue weighted by Gasteiger charge is -2.13. The summed E-state index contributed by atoms with van der Waals surface area (Å²) in [5.41, 5.74) is 1.09. The van der Waals surface area contributed by atoms with Crippen LogP contribution in [0.3, 0.4) is 0 Å². The fourth-order valence-electron chi connectivity index (χ4n) is 2.11. The van der Waals surface area contributed by atoms with E-state index in [0.717, 1.165) is 11.8 Å². The molecule has 0 radical (unpaired) electrons. The maximum Gasteiger partial charge on any atom is 0.182 e. The van der Waals surface area contributed by atoms with Crippen molar-refractivity contribution in [2.75, 3.05) is 6.26 Å². The van der Waals surface area contributed by atoms with Gasteiger partial charge in [-0.1, -0.05) is 6.07 Å². The van der Waals surface area contributed by atoms with Crippen LogP contribution in [-0.2, 0) is 9.84 Å². The van der Waals surface area contributed by atoms with Gasteiger partial charge < -0.3 is 9.72 Å². The highest BCUT2D eigenvalue weighted by molar-refractivity contribution is 7.92. The van der Waals surface area contributed by atoms with Crippen LogP contribution in [0.1, 0.15) is 31.1 Å². The molecule has 0 spiro atoms. The minimum absolute atomic E-state index is 0.0409.